The first-order valence-corrected chi connectivity index (χ1v) is 11.1. The van der Waals surface area contributed by atoms with Crippen LogP contribution in [-0.2, 0) is 14.3 Å². The van der Waals surface area contributed by atoms with Gasteiger partial charge in [-0.25, -0.2) is 0 Å². The molecule has 0 fully saturated rings. The second-order valence-electron chi connectivity index (χ2n) is 7.39. The Balaban J connectivity index is 1.64. The van der Waals surface area contributed by atoms with Gasteiger partial charge >= 0.3 is 5.97 Å². The van der Waals surface area contributed by atoms with E-state index in [9.17, 15) is 19.2 Å². The van der Waals surface area contributed by atoms with Crippen molar-refractivity contribution >= 4 is 23.6 Å². The Kier molecular flexibility index (Phi) is 11.1. The number of rotatable bonds is 13. The van der Waals surface area contributed by atoms with Crippen molar-refractivity contribution in [3.63, 3.8) is 0 Å². The van der Waals surface area contributed by atoms with Gasteiger partial charge in [0.15, 0.2) is 12.4 Å². The number of methoxy groups -OCH3 is 1. The molecule has 0 aromatic heterocycles. The van der Waals surface area contributed by atoms with E-state index < -0.39 is 24.4 Å². The molecule has 2 aromatic carbocycles. The minimum Gasteiger partial charge on any atom is -0.497 e. The van der Waals surface area contributed by atoms with Crippen molar-refractivity contribution in [1.82, 2.24) is 10.9 Å². The number of Topliss-reactive ketones (excluding diaryl/α,β-unsaturated/α-hetero) is 1. The van der Waals surface area contributed by atoms with Crippen molar-refractivity contribution in [3.05, 3.63) is 59.7 Å². The number of nitrogens with one attached hydrogen (secondary N) is 2. The molecule has 2 aromatic rings. The summed E-state index contributed by atoms with van der Waals surface area (Å²) in [6, 6.07) is 13.0. The summed E-state index contributed by atoms with van der Waals surface area (Å²) in [6.45, 7) is 2.17. The number of hydrazine groups is 1. The van der Waals surface area contributed by atoms with Gasteiger partial charge in [-0.05, 0) is 55.0 Å². The van der Waals surface area contributed by atoms with E-state index in [4.69, 9.17) is 14.2 Å². The second-order valence-corrected chi connectivity index (χ2v) is 7.39. The molecule has 182 valence electrons. The van der Waals surface area contributed by atoms with Crippen LogP contribution in [0.1, 0.15) is 59.7 Å². The maximum atomic E-state index is 12.3. The van der Waals surface area contributed by atoms with Gasteiger partial charge in [-0.3, -0.25) is 30.0 Å². The van der Waals surface area contributed by atoms with E-state index in [1.54, 1.807) is 36.4 Å². The molecule has 2 amide bonds. The zero-order chi connectivity index (χ0) is 24.8. The largest absolute Gasteiger partial charge is 0.497 e. The molecule has 0 saturated heterocycles. The SMILES string of the molecule is CCCCCOc1ccc(C(=O)CCC(=O)OCC(=O)NNC(=O)c2ccc(OC)cc2)cc1. The Hall–Kier alpha value is -3.88. The summed E-state index contributed by atoms with van der Waals surface area (Å²) in [5, 5.41) is 0. The quantitative estimate of drug-likeness (QED) is 0.200. The maximum absolute atomic E-state index is 12.3. The molecule has 0 atom stereocenters. The first-order valence-electron chi connectivity index (χ1n) is 11.1. The standard InChI is InChI=1S/C25H30N2O7/c1-3-4-5-16-33-21-12-6-18(7-13-21)22(28)14-15-24(30)34-17-23(29)26-27-25(31)19-8-10-20(32-2)11-9-19/h6-13H,3-5,14-17H2,1-2H3,(H,26,29)(H,27,31). The zero-order valence-electron chi connectivity index (χ0n) is 19.4. The van der Waals surface area contributed by atoms with Crippen LogP contribution in [0.25, 0.3) is 0 Å². The fourth-order valence-electron chi connectivity index (χ4n) is 2.83. The van der Waals surface area contributed by atoms with Crippen LogP contribution in [0.4, 0.5) is 0 Å². The molecule has 9 heteroatoms. The fourth-order valence-corrected chi connectivity index (χ4v) is 2.83. The highest BCUT2D eigenvalue weighted by atomic mass is 16.5. The van der Waals surface area contributed by atoms with Crippen LogP contribution >= 0.6 is 0 Å². The first-order chi connectivity index (χ1) is 16.4. The lowest BCUT2D eigenvalue weighted by Gasteiger charge is -2.09. The average Bonchev–Trinajstić information content (AvgIpc) is 2.87. The number of ether oxygens (including phenoxy) is 3. The summed E-state index contributed by atoms with van der Waals surface area (Å²) in [4.78, 5) is 47.9. The van der Waals surface area contributed by atoms with Gasteiger partial charge in [0.1, 0.15) is 11.5 Å². The van der Waals surface area contributed by atoms with Crippen LogP contribution in [0.5, 0.6) is 11.5 Å². The number of hydrogen-bond donors (Lipinski definition) is 2. The van der Waals surface area contributed by atoms with E-state index in [1.807, 2.05) is 0 Å². The van der Waals surface area contributed by atoms with Gasteiger partial charge in [0.05, 0.1) is 20.1 Å². The molecular formula is C25H30N2O7. The highest BCUT2D eigenvalue weighted by Gasteiger charge is 2.13. The predicted molar refractivity (Wildman–Crippen MR) is 125 cm³/mol. The van der Waals surface area contributed by atoms with Gasteiger partial charge in [0.2, 0.25) is 0 Å². The van der Waals surface area contributed by atoms with E-state index in [1.165, 1.54) is 19.2 Å². The van der Waals surface area contributed by atoms with Crippen LogP contribution in [0, 0.1) is 0 Å². The number of amides is 2. The van der Waals surface area contributed by atoms with Crippen molar-refractivity contribution < 1.29 is 33.4 Å². The molecule has 0 saturated carbocycles. The Morgan fingerprint density at radius 1 is 0.794 bits per heavy atom. The smallest absolute Gasteiger partial charge is 0.306 e. The number of benzene rings is 2. The highest BCUT2D eigenvalue weighted by Crippen LogP contribution is 2.15. The number of esters is 1. The van der Waals surface area contributed by atoms with Crippen LogP contribution in [0.3, 0.4) is 0 Å². The van der Waals surface area contributed by atoms with Crippen molar-refractivity contribution in [2.75, 3.05) is 20.3 Å². The topological polar surface area (TPSA) is 120 Å². The molecule has 0 aliphatic rings. The van der Waals surface area contributed by atoms with Gasteiger partial charge in [0.25, 0.3) is 11.8 Å². The van der Waals surface area contributed by atoms with Crippen molar-refractivity contribution in [2.45, 2.75) is 39.0 Å². The Labute approximate surface area is 198 Å². The third kappa shape index (κ3) is 9.32. The molecule has 0 aliphatic carbocycles. The molecule has 34 heavy (non-hydrogen) atoms. The van der Waals surface area contributed by atoms with Crippen molar-refractivity contribution in [1.29, 1.82) is 0 Å². The number of carbonyl (C=O) groups excluding carboxylic acids is 4. The monoisotopic (exact) mass is 470 g/mol. The zero-order valence-corrected chi connectivity index (χ0v) is 19.4. The molecule has 0 aliphatic heterocycles. The minimum absolute atomic E-state index is 0.0502. The molecule has 9 nitrogen and oxygen atoms in total. The Morgan fingerprint density at radius 2 is 1.44 bits per heavy atom. The first kappa shape index (κ1) is 26.4. The molecule has 2 N–H and O–H groups in total. The van der Waals surface area contributed by atoms with Crippen LogP contribution in [-0.4, -0.2) is 43.9 Å². The molecule has 0 spiro atoms. The van der Waals surface area contributed by atoms with Gasteiger partial charge < -0.3 is 14.2 Å². The molecule has 0 heterocycles. The van der Waals surface area contributed by atoms with E-state index in [2.05, 4.69) is 17.8 Å². The van der Waals surface area contributed by atoms with Crippen molar-refractivity contribution in [3.8, 4) is 11.5 Å². The average molecular weight is 471 g/mol. The normalized spacial score (nSPS) is 10.2. The van der Waals surface area contributed by atoms with E-state index in [0.29, 0.717) is 29.2 Å². The molecule has 0 radical (unpaired) electrons. The van der Waals surface area contributed by atoms with Gasteiger partial charge in [-0.15, -0.1) is 0 Å². The highest BCUT2D eigenvalue weighted by molar-refractivity contribution is 5.98. The molecular weight excluding hydrogens is 440 g/mol. The Bertz CT molecular complexity index is 956. The van der Waals surface area contributed by atoms with E-state index in [-0.39, 0.29) is 18.6 Å². The molecule has 2 rings (SSSR count). The third-order valence-corrected chi connectivity index (χ3v) is 4.78. The molecule has 0 bridgehead atoms. The van der Waals surface area contributed by atoms with Gasteiger partial charge in [-0.2, -0.15) is 0 Å². The second kappa shape index (κ2) is 14.3. The van der Waals surface area contributed by atoms with Gasteiger partial charge in [0, 0.05) is 17.5 Å². The fraction of sp³-hybridized carbons (Fsp3) is 0.360. The van der Waals surface area contributed by atoms with E-state index >= 15 is 0 Å². The molecule has 0 unspecified atom stereocenters. The lowest BCUT2D eigenvalue weighted by atomic mass is 10.1. The summed E-state index contributed by atoms with van der Waals surface area (Å²) in [5.41, 5.74) is 5.15. The number of hydrogen-bond acceptors (Lipinski definition) is 7. The van der Waals surface area contributed by atoms with Crippen LogP contribution < -0.4 is 20.3 Å². The van der Waals surface area contributed by atoms with Gasteiger partial charge in [-0.1, -0.05) is 19.8 Å². The predicted octanol–water partition coefficient (Wildman–Crippen LogP) is 3.23. The van der Waals surface area contributed by atoms with E-state index in [0.717, 1.165) is 19.3 Å². The third-order valence-electron chi connectivity index (χ3n) is 4.78. The lowest BCUT2D eigenvalue weighted by molar-refractivity contribution is -0.148. The van der Waals surface area contributed by atoms with Crippen LogP contribution in [0.15, 0.2) is 48.5 Å². The van der Waals surface area contributed by atoms with Crippen molar-refractivity contribution in [2.24, 2.45) is 0 Å². The Morgan fingerprint density at radius 3 is 2.09 bits per heavy atom. The number of ketones is 1. The summed E-state index contributed by atoms with van der Waals surface area (Å²) in [6.07, 6.45) is 2.98. The summed E-state index contributed by atoms with van der Waals surface area (Å²) in [5.74, 6) is -0.875. The maximum Gasteiger partial charge on any atom is 0.306 e. The lowest BCUT2D eigenvalue weighted by Crippen LogP contribution is -2.43. The number of unbranched alkanes of at least 4 members (excludes halogenated alkanes) is 2. The summed E-state index contributed by atoms with van der Waals surface area (Å²) < 4.78 is 15.5. The van der Waals surface area contributed by atoms with Crippen LogP contribution in [0.2, 0.25) is 0 Å². The number of carbonyl (C=O) groups is 4. The summed E-state index contributed by atoms with van der Waals surface area (Å²) in [7, 11) is 1.51. The summed E-state index contributed by atoms with van der Waals surface area (Å²) >= 11 is 0. The minimum atomic E-state index is -0.712.